The Balaban J connectivity index is 1.79. The van der Waals surface area contributed by atoms with Gasteiger partial charge in [0.15, 0.2) is 0 Å². The Labute approximate surface area is 172 Å². The number of anilines is 1. The molecule has 0 aliphatic rings. The van der Waals surface area contributed by atoms with Crippen molar-refractivity contribution in [1.29, 1.82) is 0 Å². The zero-order valence-electron chi connectivity index (χ0n) is 16.8. The molecule has 5 nitrogen and oxygen atoms in total. The monoisotopic (exact) mass is 419 g/mol. The van der Waals surface area contributed by atoms with Crippen LogP contribution in [0.2, 0.25) is 0 Å². The Bertz CT molecular complexity index is 981. The van der Waals surface area contributed by atoms with Crippen LogP contribution in [0.5, 0.6) is 0 Å². The summed E-state index contributed by atoms with van der Waals surface area (Å²) in [6, 6.07) is 15.8. The number of aromatic amines is 1. The van der Waals surface area contributed by atoms with Crippen LogP contribution >= 0.6 is 0 Å². The normalized spacial score (nSPS) is 12.7. The number of benzene rings is 2. The number of rotatable bonds is 8. The van der Waals surface area contributed by atoms with Crippen LogP contribution in [-0.2, 0) is 9.53 Å². The molecule has 0 saturated heterocycles. The maximum Gasteiger partial charge on any atom is 0.411 e. The fourth-order valence-electron chi connectivity index (χ4n) is 3.32. The van der Waals surface area contributed by atoms with E-state index in [9.17, 15) is 18.0 Å². The molecule has 3 rings (SSSR count). The molecule has 1 amide bonds. The second-order valence-corrected chi connectivity index (χ2v) is 7.24. The molecule has 0 aliphatic heterocycles. The van der Waals surface area contributed by atoms with Crippen LogP contribution in [0.3, 0.4) is 0 Å². The van der Waals surface area contributed by atoms with E-state index in [0.717, 1.165) is 27.7 Å². The predicted octanol–water partition coefficient (Wildman–Crippen LogP) is 4.06. The van der Waals surface area contributed by atoms with Gasteiger partial charge in [0.05, 0.1) is 0 Å². The number of alkyl halides is 3. The van der Waals surface area contributed by atoms with Crippen LogP contribution in [0.1, 0.15) is 17.0 Å². The fourth-order valence-corrected chi connectivity index (χ4v) is 3.32. The smallest absolute Gasteiger partial charge is 0.378 e. The van der Waals surface area contributed by atoms with E-state index >= 15 is 0 Å². The van der Waals surface area contributed by atoms with Crippen molar-refractivity contribution < 1.29 is 22.7 Å². The summed E-state index contributed by atoms with van der Waals surface area (Å²) >= 11 is 0. The van der Waals surface area contributed by atoms with Gasteiger partial charge in [0, 0.05) is 49.3 Å². The predicted molar refractivity (Wildman–Crippen MR) is 111 cm³/mol. The Morgan fingerprint density at radius 2 is 1.83 bits per heavy atom. The minimum absolute atomic E-state index is 0.177. The number of nitrogens with zero attached hydrogens (tertiary/aromatic N) is 1. The van der Waals surface area contributed by atoms with Crippen molar-refractivity contribution in [2.24, 2.45) is 0 Å². The maximum atomic E-state index is 12.2. The first kappa shape index (κ1) is 21.7. The summed E-state index contributed by atoms with van der Waals surface area (Å²) in [6.45, 7) is -1.85. The van der Waals surface area contributed by atoms with Gasteiger partial charge in [0.1, 0.15) is 13.2 Å². The van der Waals surface area contributed by atoms with Gasteiger partial charge in [-0.15, -0.1) is 0 Å². The summed E-state index contributed by atoms with van der Waals surface area (Å²) in [5, 5.41) is 3.73. The molecule has 1 heterocycles. The van der Waals surface area contributed by atoms with E-state index in [-0.39, 0.29) is 12.5 Å². The van der Waals surface area contributed by atoms with Gasteiger partial charge in [0.2, 0.25) is 5.91 Å². The van der Waals surface area contributed by atoms with Crippen LogP contribution in [-0.4, -0.2) is 50.9 Å². The topological polar surface area (TPSA) is 57.4 Å². The molecule has 0 fully saturated rings. The number of para-hydroxylation sites is 1. The van der Waals surface area contributed by atoms with Crippen molar-refractivity contribution >= 4 is 22.5 Å². The van der Waals surface area contributed by atoms with Crippen molar-refractivity contribution in [1.82, 2.24) is 10.3 Å². The summed E-state index contributed by atoms with van der Waals surface area (Å²) in [4.78, 5) is 17.2. The highest BCUT2D eigenvalue weighted by molar-refractivity contribution is 5.84. The molecule has 2 aromatic carbocycles. The van der Waals surface area contributed by atoms with Crippen LogP contribution in [0.4, 0.5) is 18.9 Å². The Morgan fingerprint density at radius 3 is 2.50 bits per heavy atom. The molecule has 0 aliphatic carbocycles. The van der Waals surface area contributed by atoms with Crippen LogP contribution in [0.25, 0.3) is 10.9 Å². The van der Waals surface area contributed by atoms with Crippen molar-refractivity contribution in [2.75, 3.05) is 38.8 Å². The van der Waals surface area contributed by atoms with E-state index in [1.54, 1.807) is 0 Å². The van der Waals surface area contributed by atoms with Crippen LogP contribution in [0, 0.1) is 0 Å². The van der Waals surface area contributed by atoms with E-state index in [0.29, 0.717) is 0 Å². The SMILES string of the molecule is CN(C)c1ccc(C(CNC(=O)COCC(F)(F)F)c2c[nH]c3ccccc23)cc1. The summed E-state index contributed by atoms with van der Waals surface area (Å²) < 4.78 is 41.1. The van der Waals surface area contributed by atoms with E-state index in [1.807, 2.05) is 73.7 Å². The summed E-state index contributed by atoms with van der Waals surface area (Å²) in [6.07, 6.45) is -2.55. The summed E-state index contributed by atoms with van der Waals surface area (Å²) in [5.41, 5.74) is 4.00. The number of nitrogens with one attached hydrogen (secondary N) is 2. The van der Waals surface area contributed by atoms with Gasteiger partial charge >= 0.3 is 6.18 Å². The van der Waals surface area contributed by atoms with Crippen molar-refractivity contribution in [3.05, 3.63) is 65.9 Å². The minimum atomic E-state index is -4.46. The molecule has 8 heteroatoms. The van der Waals surface area contributed by atoms with Crippen LogP contribution < -0.4 is 10.2 Å². The molecule has 0 radical (unpaired) electrons. The van der Waals surface area contributed by atoms with Gasteiger partial charge in [-0.3, -0.25) is 4.79 Å². The number of ether oxygens (including phenoxy) is 1. The molecule has 160 valence electrons. The van der Waals surface area contributed by atoms with Gasteiger partial charge in [-0.2, -0.15) is 13.2 Å². The van der Waals surface area contributed by atoms with Crippen LogP contribution in [0.15, 0.2) is 54.7 Å². The third kappa shape index (κ3) is 5.54. The fraction of sp³-hybridized carbons (Fsp3) is 0.318. The molecule has 0 bridgehead atoms. The number of halogens is 3. The molecule has 0 spiro atoms. The summed E-state index contributed by atoms with van der Waals surface area (Å²) in [7, 11) is 3.90. The number of amides is 1. The lowest BCUT2D eigenvalue weighted by molar-refractivity contribution is -0.175. The molecule has 1 atom stereocenters. The molecule has 0 saturated carbocycles. The highest BCUT2D eigenvalue weighted by Crippen LogP contribution is 2.31. The molecule has 1 aromatic heterocycles. The van der Waals surface area contributed by atoms with E-state index in [2.05, 4.69) is 15.0 Å². The molecule has 30 heavy (non-hydrogen) atoms. The van der Waals surface area contributed by atoms with Gasteiger partial charge in [-0.05, 0) is 29.3 Å². The number of carbonyl (C=O) groups is 1. The first-order valence-electron chi connectivity index (χ1n) is 9.49. The lowest BCUT2D eigenvalue weighted by atomic mass is 9.90. The number of H-pyrrole nitrogens is 1. The highest BCUT2D eigenvalue weighted by atomic mass is 19.4. The quantitative estimate of drug-likeness (QED) is 0.579. The van der Waals surface area contributed by atoms with Gasteiger partial charge in [-0.25, -0.2) is 0 Å². The number of aromatic nitrogens is 1. The molecular weight excluding hydrogens is 395 g/mol. The van der Waals surface area contributed by atoms with E-state index in [4.69, 9.17) is 0 Å². The molecule has 2 N–H and O–H groups in total. The third-order valence-electron chi connectivity index (χ3n) is 4.81. The lowest BCUT2D eigenvalue weighted by Gasteiger charge is -2.20. The first-order valence-corrected chi connectivity index (χ1v) is 9.49. The summed E-state index contributed by atoms with van der Waals surface area (Å²) in [5.74, 6) is -0.766. The van der Waals surface area contributed by atoms with Gasteiger partial charge in [-0.1, -0.05) is 30.3 Å². The number of hydrogen-bond acceptors (Lipinski definition) is 3. The molecule has 1 unspecified atom stereocenters. The Hall–Kier alpha value is -3.00. The molecular formula is C22H24F3N3O2. The average molecular weight is 419 g/mol. The van der Waals surface area contributed by atoms with E-state index < -0.39 is 25.3 Å². The average Bonchev–Trinajstić information content (AvgIpc) is 3.11. The zero-order valence-corrected chi connectivity index (χ0v) is 16.8. The second kappa shape index (κ2) is 9.21. The lowest BCUT2D eigenvalue weighted by Crippen LogP contribution is -2.33. The number of hydrogen-bond donors (Lipinski definition) is 2. The Kier molecular flexibility index (Phi) is 6.66. The maximum absolute atomic E-state index is 12.2. The van der Waals surface area contributed by atoms with Crippen molar-refractivity contribution in [3.63, 3.8) is 0 Å². The number of fused-ring (bicyclic) bond motifs is 1. The Morgan fingerprint density at radius 1 is 1.13 bits per heavy atom. The highest BCUT2D eigenvalue weighted by Gasteiger charge is 2.28. The standard InChI is InChI=1S/C22H24F3N3O2/c1-28(2)16-9-7-15(8-10-16)18(11-27-21(29)13-30-14-22(23,24)25)19-12-26-20-6-4-3-5-17(19)20/h3-10,12,18,26H,11,13-14H2,1-2H3,(H,27,29). The minimum Gasteiger partial charge on any atom is -0.378 e. The van der Waals surface area contributed by atoms with Crippen molar-refractivity contribution in [3.8, 4) is 0 Å². The van der Waals surface area contributed by atoms with Crippen molar-refractivity contribution in [2.45, 2.75) is 12.1 Å². The number of carbonyl (C=O) groups excluding carboxylic acids is 1. The van der Waals surface area contributed by atoms with Gasteiger partial charge < -0.3 is 19.9 Å². The largest absolute Gasteiger partial charge is 0.411 e. The zero-order chi connectivity index (χ0) is 21.7. The van der Waals surface area contributed by atoms with Gasteiger partial charge in [0.25, 0.3) is 0 Å². The molecule has 3 aromatic rings. The van der Waals surface area contributed by atoms with E-state index in [1.165, 1.54) is 0 Å². The second-order valence-electron chi connectivity index (χ2n) is 7.24. The third-order valence-corrected chi connectivity index (χ3v) is 4.81. The first-order chi connectivity index (χ1) is 14.2.